The van der Waals surface area contributed by atoms with Crippen LogP contribution in [0.2, 0.25) is 0 Å². The Labute approximate surface area is 215 Å². The lowest BCUT2D eigenvalue weighted by atomic mass is 10.1. The van der Waals surface area contributed by atoms with Crippen LogP contribution in [0.5, 0.6) is 0 Å². The van der Waals surface area contributed by atoms with Gasteiger partial charge < -0.3 is 14.8 Å². The Morgan fingerprint density at radius 1 is 1.05 bits per heavy atom. The van der Waals surface area contributed by atoms with E-state index in [1.54, 1.807) is 10.8 Å². The molecule has 37 heavy (non-hydrogen) atoms. The van der Waals surface area contributed by atoms with Gasteiger partial charge in [-0.1, -0.05) is 60.7 Å². The molecular weight excluding hydrogens is 517 g/mol. The number of nitrogens with zero attached hydrogens (tertiary/aromatic N) is 4. The van der Waals surface area contributed by atoms with Gasteiger partial charge in [-0.2, -0.15) is 18.9 Å². The van der Waals surface area contributed by atoms with Crippen molar-refractivity contribution in [2.75, 3.05) is 6.61 Å². The third-order valence-electron chi connectivity index (χ3n) is 6.60. The van der Waals surface area contributed by atoms with Crippen molar-refractivity contribution in [3.63, 3.8) is 0 Å². The van der Waals surface area contributed by atoms with Gasteiger partial charge in [-0.25, -0.2) is 9.38 Å². The minimum atomic E-state index is -3.38. The molecule has 7 rings (SSSR count). The molecule has 2 aliphatic rings. The predicted octanol–water partition coefficient (Wildman–Crippen LogP) is 2.98. The van der Waals surface area contributed by atoms with Crippen LogP contribution in [0.3, 0.4) is 0 Å². The molecule has 2 aromatic carbocycles. The fourth-order valence-electron chi connectivity index (χ4n) is 4.88. The van der Waals surface area contributed by atoms with E-state index < -0.39 is 31.7 Å². The number of thiol groups is 1. The summed E-state index contributed by atoms with van der Waals surface area (Å²) in [4.78, 5) is 36.4. The second-order valence-corrected chi connectivity index (χ2v) is 11.9. The number of ether oxygens (including phenoxy) is 1. The van der Waals surface area contributed by atoms with Gasteiger partial charge in [0.15, 0.2) is 23.5 Å². The molecule has 0 radical (unpaired) electrons. The van der Waals surface area contributed by atoms with Crippen LogP contribution < -0.4 is 5.56 Å². The summed E-state index contributed by atoms with van der Waals surface area (Å²) in [5.74, 6) is 0.716. The molecule has 0 aliphatic carbocycles. The van der Waals surface area contributed by atoms with E-state index in [4.69, 9.17) is 18.8 Å². The Morgan fingerprint density at radius 3 is 2.49 bits per heavy atom. The first-order chi connectivity index (χ1) is 17.9. The first-order valence-electron chi connectivity index (χ1n) is 11.5. The van der Waals surface area contributed by atoms with E-state index in [2.05, 4.69) is 22.2 Å². The quantitative estimate of drug-likeness (QED) is 0.203. The van der Waals surface area contributed by atoms with Crippen LogP contribution in [0.1, 0.15) is 6.23 Å². The number of hydrogen-bond acceptors (Lipinski definition) is 9. The maximum atomic E-state index is 13.6. The summed E-state index contributed by atoms with van der Waals surface area (Å²) in [5, 5.41) is 11.3. The van der Waals surface area contributed by atoms with Crippen LogP contribution in [0.4, 0.5) is 0 Å². The van der Waals surface area contributed by atoms with E-state index in [9.17, 15) is 14.8 Å². The third kappa shape index (κ3) is 3.72. The second kappa shape index (κ2) is 8.47. The lowest BCUT2D eigenvalue weighted by Crippen LogP contribution is -2.39. The first kappa shape index (κ1) is 23.1. The number of benzene rings is 2. The van der Waals surface area contributed by atoms with Crippen molar-refractivity contribution in [2.45, 2.75) is 24.5 Å². The molecule has 2 fully saturated rings. The average Bonchev–Trinajstić information content (AvgIpc) is 3.59. The van der Waals surface area contributed by atoms with Crippen LogP contribution in [0.15, 0.2) is 71.7 Å². The largest absolute Gasteiger partial charge is 0.476 e. The van der Waals surface area contributed by atoms with Crippen LogP contribution >= 0.6 is 19.4 Å². The number of fused-ring (bicyclic) bond motifs is 3. The second-order valence-electron chi connectivity index (χ2n) is 8.90. The van der Waals surface area contributed by atoms with E-state index in [1.165, 1.54) is 4.40 Å². The molecule has 0 amide bonds. The zero-order chi connectivity index (χ0) is 25.3. The van der Waals surface area contributed by atoms with Crippen LogP contribution in [0, 0.1) is 0 Å². The van der Waals surface area contributed by atoms with Gasteiger partial charge in [-0.15, -0.1) is 0 Å². The highest BCUT2D eigenvalue weighted by molar-refractivity contribution is 8.47. The summed E-state index contributed by atoms with van der Waals surface area (Å²) in [7, 11) is -3.38. The fourth-order valence-corrected chi connectivity index (χ4v) is 6.39. The van der Waals surface area contributed by atoms with Crippen molar-refractivity contribution in [3.05, 3.63) is 77.2 Å². The van der Waals surface area contributed by atoms with Gasteiger partial charge in [0.1, 0.15) is 24.6 Å². The predicted molar refractivity (Wildman–Crippen MR) is 139 cm³/mol. The van der Waals surface area contributed by atoms with E-state index in [-0.39, 0.29) is 23.3 Å². The first-order valence-corrected chi connectivity index (χ1v) is 14.3. The molecule has 5 atom stereocenters. The zero-order valence-corrected chi connectivity index (χ0v) is 20.9. The molecule has 0 bridgehead atoms. The summed E-state index contributed by atoms with van der Waals surface area (Å²) in [6.07, 6.45) is -2.07. The fraction of sp³-hybridized carbons (Fsp3) is 0.208. The smallest absolute Gasteiger partial charge is 0.385 e. The van der Waals surface area contributed by atoms with Crippen molar-refractivity contribution in [1.29, 1.82) is 0 Å². The molecule has 2 saturated heterocycles. The number of hydrogen-bond donors (Lipinski definition) is 4. The minimum absolute atomic E-state index is 0.00327. The maximum absolute atomic E-state index is 13.6. The molecule has 3 aromatic heterocycles. The topological polar surface area (TPSA) is 136 Å². The van der Waals surface area contributed by atoms with Crippen molar-refractivity contribution >= 4 is 36.3 Å². The molecule has 5 aromatic rings. The molecule has 5 heterocycles. The van der Waals surface area contributed by atoms with Gasteiger partial charge >= 0.3 is 7.15 Å². The normalized spacial score (nSPS) is 27.6. The summed E-state index contributed by atoms with van der Waals surface area (Å²) in [6.45, 7) is -0.00327. The van der Waals surface area contributed by atoms with E-state index >= 15 is 0 Å². The SMILES string of the molecule is O=c1c2nc(-c3ccccc3)n([C@@H]3OC4CO[P+](O)(S)O[C@H]4C3O)c2nc2[nH]c(-c3ccccc3)cn12. The number of rotatable bonds is 3. The van der Waals surface area contributed by atoms with Gasteiger partial charge in [0.05, 0.1) is 17.9 Å². The maximum Gasteiger partial charge on any atom is 0.476 e. The molecule has 11 nitrogen and oxygen atoms in total. The minimum Gasteiger partial charge on any atom is -0.385 e. The van der Waals surface area contributed by atoms with E-state index in [1.807, 2.05) is 60.7 Å². The Hall–Kier alpha value is -3.09. The van der Waals surface area contributed by atoms with Gasteiger partial charge in [-0.05, 0) is 5.56 Å². The van der Waals surface area contributed by atoms with E-state index in [0.29, 0.717) is 17.2 Å². The number of nitrogens with one attached hydrogen (secondary N) is 1. The molecule has 3 N–H and O–H groups in total. The van der Waals surface area contributed by atoms with Crippen LogP contribution in [-0.2, 0) is 13.8 Å². The van der Waals surface area contributed by atoms with Crippen LogP contribution in [0.25, 0.3) is 39.6 Å². The summed E-state index contributed by atoms with van der Waals surface area (Å²) in [5.41, 5.74) is 2.32. The van der Waals surface area contributed by atoms with Gasteiger partial charge in [0, 0.05) is 11.8 Å². The van der Waals surface area contributed by atoms with Crippen molar-refractivity contribution < 1.29 is 23.8 Å². The Bertz CT molecular complexity index is 1690. The standard InChI is InChI=1S/C24H20N5O6PS/c30-18-19-16(12-33-36(32,37)35-19)34-23(18)29-20(14-9-5-2-6-10-14)26-17-21(29)27-24-25-15(11-28(24)22(17)31)13-7-3-1-4-8-13/h1-11,16,18-19,23,30,32,37H,12H2/p+1/t16?,18?,19-,23-,36?/m1/s1. The highest BCUT2D eigenvalue weighted by Gasteiger charge is 2.58. The van der Waals surface area contributed by atoms with Crippen molar-refractivity contribution in [2.24, 2.45) is 0 Å². The molecule has 13 heteroatoms. The number of H-pyrrole nitrogens is 1. The van der Waals surface area contributed by atoms with Crippen molar-refractivity contribution in [1.82, 2.24) is 23.9 Å². The van der Waals surface area contributed by atoms with Gasteiger partial charge in [0.25, 0.3) is 5.56 Å². The monoisotopic (exact) mass is 538 g/mol. The molecule has 0 saturated carbocycles. The number of aromatic nitrogens is 5. The molecule has 3 unspecified atom stereocenters. The Morgan fingerprint density at radius 2 is 1.76 bits per heavy atom. The third-order valence-corrected chi connectivity index (χ3v) is 8.23. The lowest BCUT2D eigenvalue weighted by molar-refractivity contribution is -0.0594. The number of aromatic amines is 1. The summed E-state index contributed by atoms with van der Waals surface area (Å²) < 4.78 is 20.0. The van der Waals surface area contributed by atoms with Crippen molar-refractivity contribution in [3.8, 4) is 22.6 Å². The van der Waals surface area contributed by atoms with E-state index in [0.717, 1.165) is 11.3 Å². The van der Waals surface area contributed by atoms with Gasteiger partial charge in [-0.3, -0.25) is 9.36 Å². The molecule has 188 valence electrons. The molecule has 0 spiro atoms. The Kier molecular flexibility index (Phi) is 5.28. The summed E-state index contributed by atoms with van der Waals surface area (Å²) >= 11 is 4.04. The molecule has 2 aliphatic heterocycles. The highest BCUT2D eigenvalue weighted by Crippen LogP contribution is 2.66. The number of imidazole rings is 2. The zero-order valence-electron chi connectivity index (χ0n) is 19.1. The lowest BCUT2D eigenvalue weighted by Gasteiger charge is -2.25. The Balaban J connectivity index is 1.44. The number of aliphatic hydroxyl groups is 1. The molecular formula is C24H21N5O6PS+. The number of aliphatic hydroxyl groups excluding tert-OH is 1. The summed E-state index contributed by atoms with van der Waals surface area (Å²) in [6, 6.07) is 18.9. The van der Waals surface area contributed by atoms with Crippen LogP contribution in [-0.4, -0.2) is 58.8 Å². The average molecular weight is 539 g/mol. The van der Waals surface area contributed by atoms with Gasteiger partial charge in [0.2, 0.25) is 5.78 Å². The highest BCUT2D eigenvalue weighted by atomic mass is 32.7.